The normalized spacial score (nSPS) is 14.1. The number of ether oxygens (including phenoxy) is 1. The van der Waals surface area contributed by atoms with Crippen LogP contribution in [0.5, 0.6) is 0 Å². The van der Waals surface area contributed by atoms with Gasteiger partial charge in [-0.25, -0.2) is 4.79 Å². The molecule has 2 heterocycles. The predicted octanol–water partition coefficient (Wildman–Crippen LogP) is 2.13. The minimum absolute atomic E-state index is 0.264. The first-order valence-corrected chi connectivity index (χ1v) is 6.05. The zero-order chi connectivity index (χ0) is 11.5. The number of carbonyl (C=O) groups excluding carboxylic acids is 1. The quantitative estimate of drug-likeness (QED) is 0.750. The van der Waals surface area contributed by atoms with E-state index in [2.05, 4.69) is 6.07 Å². The lowest BCUT2D eigenvalue weighted by Gasteiger charge is -2.26. The van der Waals surface area contributed by atoms with E-state index in [1.807, 2.05) is 5.38 Å². The van der Waals surface area contributed by atoms with E-state index < -0.39 is 0 Å². The SMILES string of the molecule is CCOC(=O)N1CCc2c(C#N)csc2C1. The van der Waals surface area contributed by atoms with E-state index in [-0.39, 0.29) is 6.09 Å². The molecule has 1 amide bonds. The highest BCUT2D eigenvalue weighted by atomic mass is 32.1. The Morgan fingerprint density at radius 1 is 1.75 bits per heavy atom. The van der Waals surface area contributed by atoms with Crippen LogP contribution in [0.2, 0.25) is 0 Å². The molecule has 0 fully saturated rings. The molecular formula is C11H12N2O2S. The van der Waals surface area contributed by atoms with Crippen molar-refractivity contribution in [2.75, 3.05) is 13.2 Å². The van der Waals surface area contributed by atoms with Gasteiger partial charge in [-0.3, -0.25) is 0 Å². The molecule has 16 heavy (non-hydrogen) atoms. The van der Waals surface area contributed by atoms with Crippen molar-refractivity contribution >= 4 is 17.4 Å². The van der Waals surface area contributed by atoms with E-state index in [0.717, 1.165) is 22.4 Å². The van der Waals surface area contributed by atoms with Crippen LogP contribution >= 0.6 is 11.3 Å². The highest BCUT2D eigenvalue weighted by Crippen LogP contribution is 2.28. The maximum Gasteiger partial charge on any atom is 0.410 e. The van der Waals surface area contributed by atoms with Crippen LogP contribution in [0.1, 0.15) is 22.9 Å². The van der Waals surface area contributed by atoms with Gasteiger partial charge >= 0.3 is 6.09 Å². The number of nitrogens with zero attached hydrogens (tertiary/aromatic N) is 2. The summed E-state index contributed by atoms with van der Waals surface area (Å²) in [5, 5.41) is 10.8. The molecule has 0 saturated carbocycles. The van der Waals surface area contributed by atoms with Crippen molar-refractivity contribution in [1.82, 2.24) is 4.90 Å². The third-order valence-electron chi connectivity index (χ3n) is 2.59. The van der Waals surface area contributed by atoms with E-state index in [9.17, 15) is 4.79 Å². The van der Waals surface area contributed by atoms with Crippen LogP contribution in [0.3, 0.4) is 0 Å². The summed E-state index contributed by atoms with van der Waals surface area (Å²) < 4.78 is 4.96. The Morgan fingerprint density at radius 2 is 2.56 bits per heavy atom. The Kier molecular flexibility index (Phi) is 3.11. The minimum atomic E-state index is -0.264. The Balaban J connectivity index is 2.13. The average Bonchev–Trinajstić information content (AvgIpc) is 2.71. The molecular weight excluding hydrogens is 224 g/mol. The third kappa shape index (κ3) is 1.89. The first-order chi connectivity index (χ1) is 7.76. The molecule has 0 bridgehead atoms. The summed E-state index contributed by atoms with van der Waals surface area (Å²) in [7, 11) is 0. The number of hydrogen-bond acceptors (Lipinski definition) is 4. The minimum Gasteiger partial charge on any atom is -0.450 e. The number of thiophene rings is 1. The van der Waals surface area contributed by atoms with Gasteiger partial charge in [-0.1, -0.05) is 0 Å². The number of hydrogen-bond donors (Lipinski definition) is 0. The van der Waals surface area contributed by atoms with Gasteiger partial charge in [-0.05, 0) is 18.9 Å². The molecule has 0 spiro atoms. The molecule has 84 valence electrons. The van der Waals surface area contributed by atoms with Gasteiger partial charge in [-0.15, -0.1) is 11.3 Å². The largest absolute Gasteiger partial charge is 0.450 e. The number of fused-ring (bicyclic) bond motifs is 1. The maximum absolute atomic E-state index is 11.5. The molecule has 0 N–H and O–H groups in total. The molecule has 1 aliphatic heterocycles. The van der Waals surface area contributed by atoms with Gasteiger partial charge in [-0.2, -0.15) is 5.26 Å². The summed E-state index contributed by atoms with van der Waals surface area (Å²) in [5.74, 6) is 0. The molecule has 1 aliphatic rings. The average molecular weight is 236 g/mol. The summed E-state index contributed by atoms with van der Waals surface area (Å²) in [6.07, 6.45) is 0.487. The number of rotatable bonds is 1. The van der Waals surface area contributed by atoms with Crippen LogP contribution in [0.25, 0.3) is 0 Å². The number of carbonyl (C=O) groups is 1. The van der Waals surface area contributed by atoms with E-state index in [0.29, 0.717) is 19.7 Å². The van der Waals surface area contributed by atoms with Gasteiger partial charge < -0.3 is 9.64 Å². The van der Waals surface area contributed by atoms with Gasteiger partial charge in [0.2, 0.25) is 0 Å². The number of amides is 1. The Hall–Kier alpha value is -1.54. The van der Waals surface area contributed by atoms with E-state index in [1.54, 1.807) is 23.2 Å². The zero-order valence-corrected chi connectivity index (χ0v) is 9.84. The monoisotopic (exact) mass is 236 g/mol. The first-order valence-electron chi connectivity index (χ1n) is 5.17. The lowest BCUT2D eigenvalue weighted by Crippen LogP contribution is -2.35. The van der Waals surface area contributed by atoms with Gasteiger partial charge in [0.25, 0.3) is 0 Å². The van der Waals surface area contributed by atoms with Crippen molar-refractivity contribution in [1.29, 1.82) is 5.26 Å². The summed E-state index contributed by atoms with van der Waals surface area (Å²) in [4.78, 5) is 14.3. The molecule has 0 radical (unpaired) electrons. The number of nitriles is 1. The predicted molar refractivity (Wildman–Crippen MR) is 60.2 cm³/mol. The molecule has 4 nitrogen and oxygen atoms in total. The molecule has 0 aliphatic carbocycles. The van der Waals surface area contributed by atoms with Crippen molar-refractivity contribution < 1.29 is 9.53 Å². The van der Waals surface area contributed by atoms with Crippen molar-refractivity contribution in [2.45, 2.75) is 19.9 Å². The lowest BCUT2D eigenvalue weighted by atomic mass is 10.0. The van der Waals surface area contributed by atoms with Crippen LogP contribution in [0.4, 0.5) is 4.79 Å². The molecule has 1 aromatic rings. The highest BCUT2D eigenvalue weighted by Gasteiger charge is 2.24. The molecule has 5 heteroatoms. The smallest absolute Gasteiger partial charge is 0.410 e. The fraction of sp³-hybridized carbons (Fsp3) is 0.455. The van der Waals surface area contributed by atoms with Crippen LogP contribution < -0.4 is 0 Å². The Labute approximate surface area is 98.0 Å². The van der Waals surface area contributed by atoms with Crippen LogP contribution in [0, 0.1) is 11.3 Å². The highest BCUT2D eigenvalue weighted by molar-refractivity contribution is 7.10. The van der Waals surface area contributed by atoms with Crippen LogP contribution in [-0.2, 0) is 17.7 Å². The summed E-state index contributed by atoms with van der Waals surface area (Å²) in [6.45, 7) is 3.40. The topological polar surface area (TPSA) is 53.3 Å². The maximum atomic E-state index is 11.5. The third-order valence-corrected chi connectivity index (χ3v) is 3.61. The molecule has 0 aromatic carbocycles. The summed E-state index contributed by atoms with van der Waals surface area (Å²) in [6, 6.07) is 2.18. The van der Waals surface area contributed by atoms with Gasteiger partial charge in [0.15, 0.2) is 0 Å². The summed E-state index contributed by atoms with van der Waals surface area (Å²) >= 11 is 1.54. The molecule has 1 aromatic heterocycles. The van der Waals surface area contributed by atoms with Gasteiger partial charge in [0.1, 0.15) is 6.07 Å². The fourth-order valence-corrected chi connectivity index (χ4v) is 2.83. The van der Waals surface area contributed by atoms with E-state index >= 15 is 0 Å². The Bertz CT molecular complexity index is 447. The molecule has 0 unspecified atom stereocenters. The fourth-order valence-electron chi connectivity index (χ4n) is 1.79. The standard InChI is InChI=1S/C11H12N2O2S/c1-2-15-11(14)13-4-3-9-8(5-12)7-16-10(9)6-13/h7H,2-4,6H2,1H3. The second-order valence-corrected chi connectivity index (χ2v) is 4.50. The zero-order valence-electron chi connectivity index (χ0n) is 9.02. The van der Waals surface area contributed by atoms with Gasteiger partial charge in [0, 0.05) is 16.8 Å². The first kappa shape index (κ1) is 11.0. The van der Waals surface area contributed by atoms with Crippen LogP contribution in [0.15, 0.2) is 5.38 Å². The van der Waals surface area contributed by atoms with Crippen molar-refractivity contribution in [3.05, 3.63) is 21.4 Å². The summed E-state index contributed by atoms with van der Waals surface area (Å²) in [5.41, 5.74) is 1.86. The molecule has 0 atom stereocenters. The second kappa shape index (κ2) is 4.54. The van der Waals surface area contributed by atoms with E-state index in [4.69, 9.17) is 10.00 Å². The van der Waals surface area contributed by atoms with Crippen molar-refractivity contribution in [2.24, 2.45) is 0 Å². The second-order valence-electron chi connectivity index (χ2n) is 3.53. The molecule has 2 rings (SSSR count). The Morgan fingerprint density at radius 3 is 3.25 bits per heavy atom. The van der Waals surface area contributed by atoms with Crippen molar-refractivity contribution in [3.63, 3.8) is 0 Å². The van der Waals surface area contributed by atoms with Crippen LogP contribution in [-0.4, -0.2) is 24.1 Å². The lowest BCUT2D eigenvalue weighted by molar-refractivity contribution is 0.103. The molecule has 0 saturated heterocycles. The van der Waals surface area contributed by atoms with Crippen molar-refractivity contribution in [3.8, 4) is 6.07 Å². The van der Waals surface area contributed by atoms with Gasteiger partial charge in [0.05, 0.1) is 18.7 Å². The van der Waals surface area contributed by atoms with E-state index in [1.165, 1.54) is 0 Å².